The van der Waals surface area contributed by atoms with E-state index in [9.17, 15) is 8.42 Å². The molecule has 0 aromatic carbocycles. The first-order valence-electron chi connectivity index (χ1n) is 8.87. The van der Waals surface area contributed by atoms with E-state index < -0.39 is 10.1 Å². The lowest BCUT2D eigenvalue weighted by atomic mass is 10.0. The standard InChI is InChI=1S/C17H36O3S/c1-4-6-8-10-11-12-14-16-17(20-21(3,18)19)15-13-9-7-5-2/h17H,4-16H2,1-3H3. The Hall–Kier alpha value is -0.0900. The van der Waals surface area contributed by atoms with E-state index in [0.29, 0.717) is 0 Å². The van der Waals surface area contributed by atoms with Crippen LogP contribution >= 0.6 is 0 Å². The van der Waals surface area contributed by atoms with Crippen molar-refractivity contribution < 1.29 is 12.6 Å². The molecular weight excluding hydrogens is 284 g/mol. The molecule has 0 aliphatic heterocycles. The van der Waals surface area contributed by atoms with Gasteiger partial charge in [0.05, 0.1) is 12.4 Å². The third kappa shape index (κ3) is 16.1. The van der Waals surface area contributed by atoms with Crippen LogP contribution in [0.3, 0.4) is 0 Å². The highest BCUT2D eigenvalue weighted by atomic mass is 32.2. The molecule has 4 heteroatoms. The SMILES string of the molecule is CCCCCCCCCC(CCCCCC)OS(C)(=O)=O. The van der Waals surface area contributed by atoms with Crippen LogP contribution in [0.25, 0.3) is 0 Å². The van der Waals surface area contributed by atoms with E-state index in [1.807, 2.05) is 0 Å². The minimum absolute atomic E-state index is 0.104. The molecule has 3 nitrogen and oxygen atoms in total. The summed E-state index contributed by atoms with van der Waals surface area (Å²) >= 11 is 0. The lowest BCUT2D eigenvalue weighted by Crippen LogP contribution is -2.17. The monoisotopic (exact) mass is 320 g/mol. The van der Waals surface area contributed by atoms with E-state index >= 15 is 0 Å². The molecule has 0 aliphatic carbocycles. The van der Waals surface area contributed by atoms with Crippen molar-refractivity contribution in [3.05, 3.63) is 0 Å². The summed E-state index contributed by atoms with van der Waals surface area (Å²) in [5.41, 5.74) is 0. The van der Waals surface area contributed by atoms with Crippen LogP contribution in [0.4, 0.5) is 0 Å². The highest BCUT2D eigenvalue weighted by Gasteiger charge is 2.14. The molecule has 0 N–H and O–H groups in total. The summed E-state index contributed by atoms with van der Waals surface area (Å²) in [4.78, 5) is 0. The third-order valence-electron chi connectivity index (χ3n) is 3.82. The Balaban J connectivity index is 3.82. The Morgan fingerprint density at radius 3 is 1.52 bits per heavy atom. The molecule has 0 aromatic rings. The molecule has 0 bridgehead atoms. The Labute approximate surface area is 133 Å². The van der Waals surface area contributed by atoms with E-state index in [4.69, 9.17) is 4.18 Å². The van der Waals surface area contributed by atoms with Crippen LogP contribution in [0.15, 0.2) is 0 Å². The number of rotatable bonds is 15. The fourth-order valence-corrected chi connectivity index (χ4v) is 3.30. The van der Waals surface area contributed by atoms with Gasteiger partial charge < -0.3 is 0 Å². The zero-order valence-electron chi connectivity index (χ0n) is 14.4. The van der Waals surface area contributed by atoms with Gasteiger partial charge in [0.25, 0.3) is 10.1 Å². The van der Waals surface area contributed by atoms with Gasteiger partial charge in [0.2, 0.25) is 0 Å². The normalized spacial score (nSPS) is 13.5. The van der Waals surface area contributed by atoms with Gasteiger partial charge in [-0.3, -0.25) is 4.18 Å². The van der Waals surface area contributed by atoms with Crippen LogP contribution in [0.2, 0.25) is 0 Å². The van der Waals surface area contributed by atoms with Gasteiger partial charge in [-0.15, -0.1) is 0 Å². The average Bonchev–Trinajstić information content (AvgIpc) is 2.40. The molecule has 21 heavy (non-hydrogen) atoms. The van der Waals surface area contributed by atoms with Crippen LogP contribution in [-0.2, 0) is 14.3 Å². The Morgan fingerprint density at radius 2 is 1.10 bits per heavy atom. The molecule has 128 valence electrons. The second-order valence-corrected chi connectivity index (χ2v) is 7.78. The molecular formula is C17H36O3S. The van der Waals surface area contributed by atoms with Crippen molar-refractivity contribution in [2.24, 2.45) is 0 Å². The topological polar surface area (TPSA) is 43.4 Å². The molecule has 0 saturated heterocycles. The second-order valence-electron chi connectivity index (χ2n) is 6.18. The largest absolute Gasteiger partial charge is 0.267 e. The van der Waals surface area contributed by atoms with Crippen LogP contribution < -0.4 is 0 Å². The van der Waals surface area contributed by atoms with Crippen LogP contribution in [0.1, 0.15) is 97.3 Å². The van der Waals surface area contributed by atoms with Crippen LogP contribution in [0, 0.1) is 0 Å². The first kappa shape index (κ1) is 20.9. The van der Waals surface area contributed by atoms with Crippen LogP contribution in [-0.4, -0.2) is 20.8 Å². The zero-order chi connectivity index (χ0) is 16.0. The van der Waals surface area contributed by atoms with Crippen molar-refractivity contribution in [3.8, 4) is 0 Å². The molecule has 1 atom stereocenters. The molecule has 0 fully saturated rings. The van der Waals surface area contributed by atoms with Gasteiger partial charge in [0, 0.05) is 0 Å². The van der Waals surface area contributed by atoms with E-state index in [-0.39, 0.29) is 6.10 Å². The lowest BCUT2D eigenvalue weighted by molar-refractivity contribution is 0.182. The minimum Gasteiger partial charge on any atom is -0.267 e. The maximum atomic E-state index is 11.3. The molecule has 0 aliphatic rings. The first-order valence-corrected chi connectivity index (χ1v) is 10.7. The summed E-state index contributed by atoms with van der Waals surface area (Å²) in [6, 6.07) is 0. The molecule has 0 radical (unpaired) electrons. The summed E-state index contributed by atoms with van der Waals surface area (Å²) < 4.78 is 27.9. The molecule has 0 spiro atoms. The van der Waals surface area contributed by atoms with Crippen molar-refractivity contribution in [1.29, 1.82) is 0 Å². The van der Waals surface area contributed by atoms with Gasteiger partial charge in [-0.2, -0.15) is 8.42 Å². The highest BCUT2D eigenvalue weighted by Crippen LogP contribution is 2.17. The fraction of sp³-hybridized carbons (Fsp3) is 1.00. The molecule has 0 rings (SSSR count). The van der Waals surface area contributed by atoms with Gasteiger partial charge in [-0.25, -0.2) is 0 Å². The fourth-order valence-electron chi connectivity index (χ4n) is 2.62. The molecule has 0 amide bonds. The first-order chi connectivity index (χ1) is 9.99. The Morgan fingerprint density at radius 1 is 0.714 bits per heavy atom. The zero-order valence-corrected chi connectivity index (χ0v) is 15.2. The van der Waals surface area contributed by atoms with Gasteiger partial charge in [-0.05, 0) is 12.8 Å². The van der Waals surface area contributed by atoms with Crippen molar-refractivity contribution in [2.45, 2.75) is 103 Å². The lowest BCUT2D eigenvalue weighted by Gasteiger charge is -2.16. The number of hydrogen-bond acceptors (Lipinski definition) is 3. The van der Waals surface area contributed by atoms with E-state index in [0.717, 1.165) is 31.9 Å². The van der Waals surface area contributed by atoms with Crippen molar-refractivity contribution in [2.75, 3.05) is 6.26 Å². The van der Waals surface area contributed by atoms with Gasteiger partial charge >= 0.3 is 0 Å². The molecule has 1 unspecified atom stereocenters. The maximum absolute atomic E-state index is 11.3. The molecule has 0 aromatic heterocycles. The quantitative estimate of drug-likeness (QED) is 0.298. The summed E-state index contributed by atoms with van der Waals surface area (Å²) in [5, 5.41) is 0. The predicted molar refractivity (Wildman–Crippen MR) is 91.1 cm³/mol. The smallest absolute Gasteiger partial charge is 0.264 e. The Bertz CT molecular complexity index is 312. The van der Waals surface area contributed by atoms with E-state index in [2.05, 4.69) is 13.8 Å². The van der Waals surface area contributed by atoms with Gasteiger partial charge in [0.1, 0.15) is 0 Å². The summed E-state index contributed by atoms with van der Waals surface area (Å²) in [6.07, 6.45) is 16.3. The second kappa shape index (κ2) is 13.6. The summed E-state index contributed by atoms with van der Waals surface area (Å²) in [6.45, 7) is 4.41. The molecule has 0 heterocycles. The van der Waals surface area contributed by atoms with Gasteiger partial charge in [-0.1, -0.05) is 84.5 Å². The van der Waals surface area contributed by atoms with E-state index in [1.54, 1.807) is 0 Å². The summed E-state index contributed by atoms with van der Waals surface area (Å²) in [5.74, 6) is 0. The highest BCUT2D eigenvalue weighted by molar-refractivity contribution is 7.86. The predicted octanol–water partition coefficient (Wildman–Crippen LogP) is 5.44. The van der Waals surface area contributed by atoms with Crippen molar-refractivity contribution in [3.63, 3.8) is 0 Å². The van der Waals surface area contributed by atoms with Crippen molar-refractivity contribution >= 4 is 10.1 Å². The summed E-state index contributed by atoms with van der Waals surface area (Å²) in [7, 11) is -3.32. The van der Waals surface area contributed by atoms with E-state index in [1.165, 1.54) is 57.8 Å². The molecule has 0 saturated carbocycles. The number of unbranched alkanes of at least 4 members (excludes halogenated alkanes) is 9. The maximum Gasteiger partial charge on any atom is 0.264 e. The van der Waals surface area contributed by atoms with Gasteiger partial charge in [0.15, 0.2) is 0 Å². The minimum atomic E-state index is -3.32. The average molecular weight is 321 g/mol. The number of hydrogen-bond donors (Lipinski definition) is 0. The van der Waals surface area contributed by atoms with Crippen LogP contribution in [0.5, 0.6) is 0 Å². The van der Waals surface area contributed by atoms with Crippen molar-refractivity contribution in [1.82, 2.24) is 0 Å². The third-order valence-corrected chi connectivity index (χ3v) is 4.44. The Kier molecular flexibility index (Phi) is 13.5.